The van der Waals surface area contributed by atoms with Gasteiger partial charge in [0.2, 0.25) is 0 Å². The molecule has 0 spiro atoms. The molecule has 0 saturated heterocycles. The highest BCUT2D eigenvalue weighted by Gasteiger charge is 2.39. The average molecular weight is 1470 g/mol. The molecule has 3 aliphatic rings. The number of imidazole rings is 2. The fraction of sp³-hybridized carbons (Fsp3) is 0.475. The number of alkyl halides is 3. The lowest BCUT2D eigenvalue weighted by Crippen LogP contribution is -2.36. The Balaban J connectivity index is 0.000000170. The Morgan fingerprint density at radius 2 is 1.42 bits per heavy atom. The van der Waals surface area contributed by atoms with E-state index in [0.29, 0.717) is 81.5 Å². The molecule has 3 N–H and O–H groups in total. The molecule has 24 heteroatoms. The highest BCUT2D eigenvalue weighted by molar-refractivity contribution is 6.42. The van der Waals surface area contributed by atoms with Crippen LogP contribution in [0.3, 0.4) is 0 Å². The fourth-order valence-electron chi connectivity index (χ4n) is 12.4. The number of nitrogens with zero attached hydrogens (tertiary/aromatic N) is 12. The van der Waals surface area contributed by atoms with Gasteiger partial charge in [-0.05, 0) is 204 Å². The molecule has 0 atom stereocenters. The minimum Gasteiger partial charge on any atom is -0.464 e. The van der Waals surface area contributed by atoms with Crippen LogP contribution < -0.4 is 10.6 Å². The quantitative estimate of drug-likeness (QED) is 0.0736. The Kier molecular flexibility index (Phi) is 28.6. The van der Waals surface area contributed by atoms with Crippen LogP contribution in [0.5, 0.6) is 0 Å². The lowest BCUT2D eigenvalue weighted by molar-refractivity contribution is -0.142. The van der Waals surface area contributed by atoms with Crippen molar-refractivity contribution in [3.05, 3.63) is 187 Å². The molecule has 3 aromatic carbocycles. The number of nitrogens with one attached hydrogen (secondary N) is 3. The van der Waals surface area contributed by atoms with Gasteiger partial charge in [0.05, 0.1) is 62.5 Å². The summed E-state index contributed by atoms with van der Waals surface area (Å²) in [5.74, 6) is 1.61. The fourth-order valence-corrected chi connectivity index (χ4v) is 12.7. The number of aromatic amines is 1. The van der Waals surface area contributed by atoms with Crippen LogP contribution in [0.25, 0.3) is 44.2 Å². The first-order valence-corrected chi connectivity index (χ1v) is 36.6. The first-order valence-electron chi connectivity index (χ1n) is 35.8. The van der Waals surface area contributed by atoms with Crippen LogP contribution in [0.4, 0.5) is 17.6 Å². The number of H-pyrrole nitrogens is 1. The minimum absolute atomic E-state index is 0.0144. The molecule has 7 aromatic heterocycles. The normalized spacial score (nSPS) is 13.5. The summed E-state index contributed by atoms with van der Waals surface area (Å²) in [6.07, 6.45) is 5.22. The number of para-hydroxylation sites is 1. The summed E-state index contributed by atoms with van der Waals surface area (Å²) >= 11 is 11.8. The molecule has 0 unspecified atom stereocenters. The summed E-state index contributed by atoms with van der Waals surface area (Å²) in [6.45, 7) is 44.7. The summed E-state index contributed by atoms with van der Waals surface area (Å²) in [7, 11) is 5.28. The van der Waals surface area contributed by atoms with Crippen molar-refractivity contribution >= 4 is 79.3 Å². The van der Waals surface area contributed by atoms with Crippen molar-refractivity contribution in [1.82, 2.24) is 73.9 Å². The monoisotopic (exact) mass is 1470 g/mol. The number of fused-ring (bicyclic) bond motifs is 5. The van der Waals surface area contributed by atoms with Gasteiger partial charge in [-0.25, -0.2) is 19.2 Å². The summed E-state index contributed by atoms with van der Waals surface area (Å²) < 4.78 is 65.8. The summed E-state index contributed by atoms with van der Waals surface area (Å²) in [6, 6.07) is 24.8. The zero-order chi connectivity index (χ0) is 77.1. The van der Waals surface area contributed by atoms with Crippen LogP contribution in [-0.2, 0) is 37.3 Å². The first kappa shape index (κ1) is 82.7. The maximum Gasteiger partial charge on any atom is 0.435 e. The van der Waals surface area contributed by atoms with E-state index in [1.807, 2.05) is 114 Å². The van der Waals surface area contributed by atoms with E-state index in [4.69, 9.17) is 28.2 Å². The molecule has 18 nitrogen and oxygen atoms in total. The average Bonchev–Trinajstić information content (AvgIpc) is 1.67. The van der Waals surface area contributed by atoms with Gasteiger partial charge in [0.15, 0.2) is 17.2 Å². The van der Waals surface area contributed by atoms with Crippen LogP contribution in [0.1, 0.15) is 244 Å². The van der Waals surface area contributed by atoms with Crippen LogP contribution in [0.15, 0.2) is 104 Å². The van der Waals surface area contributed by atoms with Gasteiger partial charge in [0.25, 0.3) is 5.91 Å². The number of amides is 1. The highest BCUT2D eigenvalue weighted by atomic mass is 35.5. The zero-order valence-corrected chi connectivity index (χ0v) is 66.2. The maximum absolute atomic E-state index is 13.1. The number of hydrogen-bond donors (Lipinski definition) is 3. The molecule has 1 aliphatic heterocycles. The third-order valence-electron chi connectivity index (χ3n) is 18.1. The molecule has 562 valence electrons. The Hall–Kier alpha value is -8.60. The molecule has 2 aliphatic carbocycles. The first-order chi connectivity index (χ1) is 48.9. The number of benzene rings is 3. The number of hydrogen-bond acceptors (Lipinski definition) is 11. The number of aromatic nitrogens is 12. The number of carbonyl (C=O) groups excluding carboxylic acids is 2. The standard InChI is InChI=1S/C14H19N3.C13H15F.C13H21N3O.C11H18N2O2.C10H10Cl2N2.C10H14F3N3.C9H10N2/c1-9(2)17-12-8-6-7-10(3)13(12)16-14(17)11(4)15-5;1-8(2)13-9(3)6-10-4-5-11(14)7-12(10)13;1-8(2)11-7-12(16(15-11)9(3)4)13(17)14-10-5-6-10;1-7(2)10-6-9(11(14)15-5)12-13(10)8(3)4;1-6(2)14-5-13-9-3-7(11)8(12)4-10(9)14;1-6(2)16-4-3-8-7(5-16)9(15-14-8)10(11,12)13;1-7-5-9-8(6-10-7)3-4-11(9)2/h6-9,15H,4H2,1-3,5H3;4-5,7-8H,6H2,1-3H3;7-10H,5-6H2,1-4H3,(H,14,17);6-8H,1-5H3;3-6H,1-2H3;6H,3-5H2,1-2H3,(H,14,15);3-6H,1-2H3. The molecule has 0 bridgehead atoms. The van der Waals surface area contributed by atoms with E-state index < -0.39 is 11.9 Å². The second kappa shape index (κ2) is 35.9. The molecule has 1 fully saturated rings. The molecule has 0 radical (unpaired) electrons. The van der Waals surface area contributed by atoms with Crippen molar-refractivity contribution in [2.75, 3.05) is 20.7 Å². The molecular formula is C80H107Cl2F4N15O3. The predicted molar refractivity (Wildman–Crippen MR) is 414 cm³/mol. The van der Waals surface area contributed by atoms with Gasteiger partial charge < -0.3 is 29.1 Å². The molecule has 104 heavy (non-hydrogen) atoms. The van der Waals surface area contributed by atoms with Gasteiger partial charge in [0.1, 0.15) is 11.5 Å². The van der Waals surface area contributed by atoms with Crippen molar-refractivity contribution < 1.29 is 31.9 Å². The highest BCUT2D eigenvalue weighted by Crippen LogP contribution is 2.38. The number of allylic oxidation sites excluding steroid dienone is 2. The second-order valence-corrected chi connectivity index (χ2v) is 29.9. The topological polar surface area (TPSA) is 188 Å². The van der Waals surface area contributed by atoms with Crippen LogP contribution in [0.2, 0.25) is 10.0 Å². The van der Waals surface area contributed by atoms with Gasteiger partial charge >= 0.3 is 12.1 Å². The number of aryl methyl sites for hydroxylation is 3. The Morgan fingerprint density at radius 3 is 1.99 bits per heavy atom. The minimum atomic E-state index is -4.36. The van der Waals surface area contributed by atoms with E-state index in [0.717, 1.165) is 76.5 Å². The maximum atomic E-state index is 13.1. The Labute approximate surface area is 621 Å². The summed E-state index contributed by atoms with van der Waals surface area (Å²) in [5, 5.41) is 23.1. The van der Waals surface area contributed by atoms with Crippen molar-refractivity contribution in [3.63, 3.8) is 0 Å². The third kappa shape index (κ3) is 20.7. The largest absolute Gasteiger partial charge is 0.464 e. The SMILES string of the molecule is C=C(NC)c1nc2c(C)cccc2n1C(C)C.CC(C)N1CCc2[nH]nc(C(F)(F)F)c2C1.CC(C)c1cc(C(=O)NC2CC2)n(C(C)C)n1.CC(C)n1cnc2cc(Cl)c(Cl)cc21.CC1=C(C(C)C)c2cc(F)ccc2C1.COC(=O)c1cc(C(C)C)n(C(C)C)n1.Cc1cc2c(ccn2C)cn1. The van der Waals surface area contributed by atoms with E-state index in [-0.39, 0.29) is 35.8 Å². The number of ether oxygens (including phenoxy) is 1. The molecular weight excluding hydrogens is 1370 g/mol. The summed E-state index contributed by atoms with van der Waals surface area (Å²) in [5.41, 5.74) is 16.9. The van der Waals surface area contributed by atoms with Crippen molar-refractivity contribution in [3.8, 4) is 0 Å². The molecule has 1 amide bonds. The van der Waals surface area contributed by atoms with E-state index in [9.17, 15) is 27.2 Å². The number of pyridine rings is 1. The van der Waals surface area contributed by atoms with Crippen LogP contribution in [0, 0.1) is 25.6 Å². The number of methoxy groups -OCH3 is 1. The Morgan fingerprint density at radius 1 is 0.750 bits per heavy atom. The summed E-state index contributed by atoms with van der Waals surface area (Å²) in [4.78, 5) is 38.6. The molecule has 8 heterocycles. The van der Waals surface area contributed by atoms with Crippen molar-refractivity contribution in [2.24, 2.45) is 13.0 Å². The van der Waals surface area contributed by atoms with Gasteiger partial charge in [0, 0.05) is 110 Å². The van der Waals surface area contributed by atoms with Gasteiger partial charge in [-0.1, -0.05) is 95.1 Å². The van der Waals surface area contributed by atoms with E-state index in [1.165, 1.54) is 45.8 Å². The molecule has 13 rings (SSSR count). The lowest BCUT2D eigenvalue weighted by Gasteiger charge is -2.30. The smallest absolute Gasteiger partial charge is 0.435 e. The second-order valence-electron chi connectivity index (χ2n) is 29.1. The van der Waals surface area contributed by atoms with Crippen molar-refractivity contribution in [1.29, 1.82) is 0 Å². The lowest BCUT2D eigenvalue weighted by atomic mass is 9.95. The van der Waals surface area contributed by atoms with Gasteiger partial charge in [-0.2, -0.15) is 28.5 Å². The van der Waals surface area contributed by atoms with E-state index in [2.05, 4.69) is 179 Å². The Bertz CT molecular complexity index is 4590. The molecule has 1 saturated carbocycles. The van der Waals surface area contributed by atoms with Crippen LogP contribution in [-0.4, -0.2) is 108 Å². The third-order valence-corrected chi connectivity index (χ3v) is 18.8. The number of carbonyl (C=O) groups is 2. The van der Waals surface area contributed by atoms with E-state index in [1.54, 1.807) is 24.3 Å². The van der Waals surface area contributed by atoms with E-state index >= 15 is 0 Å². The molecule has 10 aromatic rings. The number of rotatable bonds is 13. The van der Waals surface area contributed by atoms with Crippen molar-refractivity contribution in [2.45, 2.75) is 218 Å². The van der Waals surface area contributed by atoms with Crippen LogP contribution >= 0.6 is 23.2 Å². The predicted octanol–water partition coefficient (Wildman–Crippen LogP) is 19.8. The number of esters is 1. The number of halogens is 6. The zero-order valence-electron chi connectivity index (χ0n) is 64.7. The van der Waals surface area contributed by atoms with Gasteiger partial charge in [-0.3, -0.25) is 29.1 Å². The van der Waals surface area contributed by atoms with Gasteiger partial charge in [-0.15, -0.1) is 0 Å².